The molecule has 2 N–H and O–H groups in total. The van der Waals surface area contributed by atoms with E-state index in [1.54, 1.807) is 11.3 Å². The van der Waals surface area contributed by atoms with Crippen molar-refractivity contribution >= 4 is 34.5 Å². The number of benzene rings is 1. The predicted molar refractivity (Wildman–Crippen MR) is 99.0 cm³/mol. The zero-order valence-electron chi connectivity index (χ0n) is 13.9. The maximum Gasteiger partial charge on any atom is 0.270 e. The van der Waals surface area contributed by atoms with E-state index in [9.17, 15) is 14.9 Å². The van der Waals surface area contributed by atoms with E-state index in [2.05, 4.69) is 11.4 Å². The Bertz CT molecular complexity index is 778. The lowest BCUT2D eigenvalue weighted by Crippen LogP contribution is -3.15. The van der Waals surface area contributed by atoms with Crippen LogP contribution in [0, 0.1) is 10.1 Å². The lowest BCUT2D eigenvalue weighted by atomic mass is 10.1. The number of rotatable bonds is 6. The molecule has 3 rings (SSSR count). The molecule has 1 aliphatic heterocycles. The highest BCUT2D eigenvalue weighted by atomic mass is 35.5. The van der Waals surface area contributed by atoms with E-state index in [0.29, 0.717) is 19.8 Å². The molecule has 1 fully saturated rings. The van der Waals surface area contributed by atoms with Gasteiger partial charge in [-0.3, -0.25) is 14.9 Å². The number of nitrogens with zero attached hydrogens (tertiary/aromatic N) is 1. The minimum Gasteiger partial charge on any atom is -0.370 e. The van der Waals surface area contributed by atoms with Crippen LogP contribution in [-0.2, 0) is 4.74 Å². The SMILES string of the molecule is O=C(NC[C@H](c1cccs1)[NH+]1CCOCC1)c1cc([N+](=O)[O-])ccc1Cl. The van der Waals surface area contributed by atoms with Crippen LogP contribution in [0.25, 0.3) is 0 Å². The van der Waals surface area contributed by atoms with E-state index in [1.165, 1.54) is 28.0 Å². The first kappa shape index (κ1) is 18.8. The first-order valence-corrected chi connectivity index (χ1v) is 9.50. The molecule has 0 radical (unpaired) electrons. The quantitative estimate of drug-likeness (QED) is 0.574. The second-order valence-corrected chi connectivity index (χ2v) is 7.36. The van der Waals surface area contributed by atoms with Crippen molar-refractivity contribution in [2.45, 2.75) is 6.04 Å². The summed E-state index contributed by atoms with van der Waals surface area (Å²) in [4.78, 5) is 25.5. The zero-order chi connectivity index (χ0) is 18.5. The fourth-order valence-electron chi connectivity index (χ4n) is 3.01. The zero-order valence-corrected chi connectivity index (χ0v) is 15.5. The Morgan fingerprint density at radius 3 is 2.81 bits per heavy atom. The van der Waals surface area contributed by atoms with E-state index in [-0.39, 0.29) is 22.3 Å². The number of nitrogens with one attached hydrogen (secondary N) is 2. The van der Waals surface area contributed by atoms with E-state index >= 15 is 0 Å². The van der Waals surface area contributed by atoms with Gasteiger partial charge in [-0.15, -0.1) is 11.3 Å². The number of nitro benzene ring substituents is 1. The van der Waals surface area contributed by atoms with Gasteiger partial charge < -0.3 is 15.0 Å². The van der Waals surface area contributed by atoms with Crippen LogP contribution in [0.3, 0.4) is 0 Å². The van der Waals surface area contributed by atoms with Crippen LogP contribution in [0.2, 0.25) is 5.02 Å². The Morgan fingerprint density at radius 2 is 2.15 bits per heavy atom. The number of morpholine rings is 1. The Labute approximate surface area is 159 Å². The number of halogens is 1. The van der Waals surface area contributed by atoms with Crippen LogP contribution in [0.15, 0.2) is 35.7 Å². The van der Waals surface area contributed by atoms with Crippen molar-refractivity contribution in [1.29, 1.82) is 0 Å². The molecule has 26 heavy (non-hydrogen) atoms. The van der Waals surface area contributed by atoms with Gasteiger partial charge in [-0.2, -0.15) is 0 Å². The van der Waals surface area contributed by atoms with Gasteiger partial charge in [0.15, 0.2) is 0 Å². The number of nitro groups is 1. The van der Waals surface area contributed by atoms with Gasteiger partial charge in [-0.1, -0.05) is 17.7 Å². The number of ether oxygens (including phenoxy) is 1. The van der Waals surface area contributed by atoms with E-state index in [1.807, 2.05) is 11.4 Å². The third-order valence-electron chi connectivity index (χ3n) is 4.39. The third-order valence-corrected chi connectivity index (χ3v) is 5.70. The standard InChI is InChI=1S/C17H18ClN3O4S/c18-14-4-3-12(21(23)24)10-13(14)17(22)19-11-15(16-2-1-9-26-16)20-5-7-25-8-6-20/h1-4,9-10,15H,5-8,11H2,(H,19,22)/p+1/t15-/m1/s1. The number of quaternary nitrogens is 1. The van der Waals surface area contributed by atoms with Crippen molar-refractivity contribution in [2.24, 2.45) is 0 Å². The molecular weight excluding hydrogens is 378 g/mol. The molecule has 0 bridgehead atoms. The minimum absolute atomic E-state index is 0.111. The molecule has 1 amide bonds. The molecule has 1 aromatic heterocycles. The molecule has 1 aromatic carbocycles. The minimum atomic E-state index is -0.542. The summed E-state index contributed by atoms with van der Waals surface area (Å²) in [6, 6.07) is 8.03. The van der Waals surface area contributed by atoms with Gasteiger partial charge in [-0.25, -0.2) is 0 Å². The number of hydrogen-bond acceptors (Lipinski definition) is 5. The molecule has 1 saturated heterocycles. The van der Waals surface area contributed by atoms with Crippen molar-refractivity contribution in [3.05, 3.63) is 61.3 Å². The second kappa shape index (κ2) is 8.59. The van der Waals surface area contributed by atoms with Crippen molar-refractivity contribution in [3.8, 4) is 0 Å². The summed E-state index contributed by atoms with van der Waals surface area (Å²) in [6.07, 6.45) is 0. The van der Waals surface area contributed by atoms with Gasteiger partial charge in [0.25, 0.3) is 11.6 Å². The summed E-state index contributed by atoms with van der Waals surface area (Å²) < 4.78 is 5.43. The second-order valence-electron chi connectivity index (χ2n) is 5.97. The monoisotopic (exact) mass is 396 g/mol. The maximum absolute atomic E-state index is 12.5. The number of carbonyl (C=O) groups is 1. The highest BCUT2D eigenvalue weighted by Crippen LogP contribution is 2.22. The molecule has 2 aromatic rings. The van der Waals surface area contributed by atoms with E-state index in [4.69, 9.17) is 16.3 Å². The van der Waals surface area contributed by atoms with Crippen LogP contribution in [0.5, 0.6) is 0 Å². The molecule has 2 heterocycles. The lowest BCUT2D eigenvalue weighted by molar-refractivity contribution is -0.937. The van der Waals surface area contributed by atoms with Gasteiger partial charge in [-0.05, 0) is 17.5 Å². The molecule has 1 aliphatic rings. The van der Waals surface area contributed by atoms with Crippen LogP contribution in [0.4, 0.5) is 5.69 Å². The van der Waals surface area contributed by atoms with Crippen molar-refractivity contribution in [3.63, 3.8) is 0 Å². The Kier molecular flexibility index (Phi) is 6.20. The summed E-state index contributed by atoms with van der Waals surface area (Å²) in [5, 5.41) is 16.0. The summed E-state index contributed by atoms with van der Waals surface area (Å²) >= 11 is 7.71. The average Bonchev–Trinajstić information content (AvgIpc) is 3.17. The molecule has 0 saturated carbocycles. The smallest absolute Gasteiger partial charge is 0.270 e. The Hall–Kier alpha value is -2.00. The average molecular weight is 397 g/mol. The van der Waals surface area contributed by atoms with Crippen LogP contribution >= 0.6 is 22.9 Å². The predicted octanol–water partition coefficient (Wildman–Crippen LogP) is 1.70. The molecule has 1 atom stereocenters. The largest absolute Gasteiger partial charge is 0.370 e. The normalized spacial score (nSPS) is 16.2. The highest BCUT2D eigenvalue weighted by molar-refractivity contribution is 7.10. The molecular formula is C17H19ClN3O4S+. The Balaban J connectivity index is 1.73. The number of hydrogen-bond donors (Lipinski definition) is 2. The molecule has 7 nitrogen and oxygen atoms in total. The van der Waals surface area contributed by atoms with Crippen molar-refractivity contribution < 1.29 is 19.4 Å². The first-order valence-electron chi connectivity index (χ1n) is 8.24. The number of amides is 1. The summed E-state index contributed by atoms with van der Waals surface area (Å²) in [6.45, 7) is 3.56. The van der Waals surface area contributed by atoms with E-state index < -0.39 is 10.8 Å². The van der Waals surface area contributed by atoms with Crippen molar-refractivity contribution in [1.82, 2.24) is 5.32 Å². The topological polar surface area (TPSA) is 85.9 Å². The van der Waals surface area contributed by atoms with Crippen LogP contribution in [-0.4, -0.2) is 43.7 Å². The fraction of sp³-hybridized carbons (Fsp3) is 0.353. The van der Waals surface area contributed by atoms with E-state index in [0.717, 1.165) is 13.1 Å². The summed E-state index contributed by atoms with van der Waals surface area (Å²) in [5.74, 6) is -0.409. The highest BCUT2D eigenvalue weighted by Gasteiger charge is 2.28. The van der Waals surface area contributed by atoms with Crippen LogP contribution < -0.4 is 10.2 Å². The summed E-state index contributed by atoms with van der Waals surface area (Å²) in [5.41, 5.74) is -0.0454. The third kappa shape index (κ3) is 4.39. The van der Waals surface area contributed by atoms with Crippen molar-refractivity contribution in [2.75, 3.05) is 32.8 Å². The number of non-ortho nitro benzene ring substituents is 1. The molecule has 138 valence electrons. The van der Waals surface area contributed by atoms with Crippen LogP contribution in [0.1, 0.15) is 21.3 Å². The fourth-order valence-corrected chi connectivity index (χ4v) is 4.10. The van der Waals surface area contributed by atoms with Gasteiger partial charge in [0.05, 0.1) is 40.1 Å². The summed E-state index contributed by atoms with van der Waals surface area (Å²) in [7, 11) is 0. The molecule has 9 heteroatoms. The molecule has 0 spiro atoms. The van der Waals surface area contributed by atoms with Gasteiger partial charge in [0.2, 0.25) is 0 Å². The first-order chi connectivity index (χ1) is 12.6. The molecule has 0 aliphatic carbocycles. The Morgan fingerprint density at radius 1 is 1.38 bits per heavy atom. The van der Waals surface area contributed by atoms with Gasteiger partial charge in [0, 0.05) is 12.1 Å². The van der Waals surface area contributed by atoms with Gasteiger partial charge >= 0.3 is 0 Å². The number of carbonyl (C=O) groups excluding carboxylic acids is 1. The molecule has 0 unspecified atom stereocenters. The maximum atomic E-state index is 12.5. The number of thiophene rings is 1. The van der Waals surface area contributed by atoms with Gasteiger partial charge in [0.1, 0.15) is 19.1 Å². The lowest BCUT2D eigenvalue weighted by Gasteiger charge is -2.31.